The molecular weight excluding hydrogens is 214 g/mol. The van der Waals surface area contributed by atoms with E-state index >= 15 is 0 Å². The fourth-order valence-corrected chi connectivity index (χ4v) is 1.93. The molecule has 5 nitrogen and oxygen atoms in total. The molecule has 2 N–H and O–H groups in total. The maximum Gasteiger partial charge on any atom is 0.223 e. The topological polar surface area (TPSA) is 66.5 Å². The molecule has 17 heavy (non-hydrogen) atoms. The van der Waals surface area contributed by atoms with Crippen LogP contribution in [0.4, 0.5) is 5.95 Å². The summed E-state index contributed by atoms with van der Waals surface area (Å²) in [6, 6.07) is 2.46. The van der Waals surface area contributed by atoms with Crippen LogP contribution in [0, 0.1) is 6.92 Å². The van der Waals surface area contributed by atoms with Gasteiger partial charge in [0.15, 0.2) is 0 Å². The highest BCUT2D eigenvalue weighted by atomic mass is 15.1. The first kappa shape index (κ1) is 10.3. The number of hydrogen-bond donors (Lipinski definition) is 2. The van der Waals surface area contributed by atoms with Crippen LogP contribution in [0.25, 0.3) is 11.3 Å². The predicted octanol–water partition coefficient (Wildman–Crippen LogP) is 2.14. The van der Waals surface area contributed by atoms with Crippen LogP contribution in [0.1, 0.15) is 25.0 Å². The second-order valence-corrected chi connectivity index (χ2v) is 4.42. The summed E-state index contributed by atoms with van der Waals surface area (Å²) >= 11 is 0. The normalized spacial score (nSPS) is 15.6. The number of rotatable bonds is 3. The van der Waals surface area contributed by atoms with E-state index < -0.39 is 0 Å². The van der Waals surface area contributed by atoms with E-state index in [0.717, 1.165) is 17.0 Å². The second kappa shape index (κ2) is 4.16. The molecule has 1 fully saturated rings. The van der Waals surface area contributed by atoms with E-state index in [-0.39, 0.29) is 0 Å². The molecule has 0 amide bonds. The van der Waals surface area contributed by atoms with E-state index in [1.165, 1.54) is 19.3 Å². The van der Waals surface area contributed by atoms with E-state index in [0.29, 0.717) is 12.0 Å². The van der Waals surface area contributed by atoms with Crippen LogP contribution in [-0.2, 0) is 0 Å². The van der Waals surface area contributed by atoms with Crippen molar-refractivity contribution in [1.29, 1.82) is 0 Å². The van der Waals surface area contributed by atoms with E-state index in [2.05, 4.69) is 25.5 Å². The molecule has 0 bridgehead atoms. The first-order valence-corrected chi connectivity index (χ1v) is 5.93. The molecule has 88 valence electrons. The number of H-pyrrole nitrogens is 1. The third-order valence-corrected chi connectivity index (χ3v) is 3.20. The van der Waals surface area contributed by atoms with Gasteiger partial charge < -0.3 is 5.32 Å². The third kappa shape index (κ3) is 2.00. The molecule has 0 aliphatic heterocycles. The number of aryl methyl sites for hydroxylation is 1. The summed E-state index contributed by atoms with van der Waals surface area (Å²) in [7, 11) is 0. The van der Waals surface area contributed by atoms with Crippen LogP contribution in [-0.4, -0.2) is 26.2 Å². The van der Waals surface area contributed by atoms with Crippen molar-refractivity contribution in [2.75, 3.05) is 5.32 Å². The number of nitrogens with zero attached hydrogens (tertiary/aromatic N) is 3. The van der Waals surface area contributed by atoms with Crippen molar-refractivity contribution < 1.29 is 0 Å². The number of anilines is 1. The molecule has 1 aliphatic rings. The number of aromatic amines is 1. The minimum Gasteiger partial charge on any atom is -0.351 e. The molecular formula is C12H15N5. The number of aromatic nitrogens is 4. The summed E-state index contributed by atoms with van der Waals surface area (Å²) in [6.45, 7) is 1.97. The highest BCUT2D eigenvalue weighted by Gasteiger charge is 2.18. The lowest BCUT2D eigenvalue weighted by molar-refractivity contribution is 0.443. The Bertz CT molecular complexity index is 515. The molecule has 0 radical (unpaired) electrons. The van der Waals surface area contributed by atoms with Crippen LogP contribution in [0.5, 0.6) is 0 Å². The average molecular weight is 229 g/mol. The Balaban J connectivity index is 1.85. The summed E-state index contributed by atoms with van der Waals surface area (Å²) < 4.78 is 0. The minimum atomic E-state index is 0.552. The van der Waals surface area contributed by atoms with Gasteiger partial charge in [0, 0.05) is 24.0 Å². The van der Waals surface area contributed by atoms with Crippen molar-refractivity contribution in [2.24, 2.45) is 0 Å². The van der Waals surface area contributed by atoms with Gasteiger partial charge in [-0.1, -0.05) is 0 Å². The van der Waals surface area contributed by atoms with E-state index in [1.807, 2.05) is 19.2 Å². The molecule has 2 heterocycles. The standard InChI is InChI=1S/C12H15N5/c1-8-10(7-14-17-8)11-5-6-13-12(16-11)15-9-3-2-4-9/h5-7,9H,2-4H2,1H3,(H,14,17)(H,13,15,16). The molecule has 0 aromatic carbocycles. The third-order valence-electron chi connectivity index (χ3n) is 3.20. The second-order valence-electron chi connectivity index (χ2n) is 4.42. The van der Waals surface area contributed by atoms with Crippen molar-refractivity contribution in [2.45, 2.75) is 32.2 Å². The number of nitrogens with one attached hydrogen (secondary N) is 2. The van der Waals surface area contributed by atoms with Crippen molar-refractivity contribution >= 4 is 5.95 Å². The van der Waals surface area contributed by atoms with Gasteiger partial charge in [-0.05, 0) is 32.3 Å². The summed E-state index contributed by atoms with van der Waals surface area (Å²) in [5.74, 6) is 0.716. The van der Waals surface area contributed by atoms with Crippen molar-refractivity contribution in [1.82, 2.24) is 20.2 Å². The molecule has 0 atom stereocenters. The zero-order valence-electron chi connectivity index (χ0n) is 9.77. The van der Waals surface area contributed by atoms with Gasteiger partial charge in [-0.2, -0.15) is 5.10 Å². The van der Waals surface area contributed by atoms with Gasteiger partial charge in [0.2, 0.25) is 5.95 Å². The monoisotopic (exact) mass is 229 g/mol. The van der Waals surface area contributed by atoms with Crippen LogP contribution in [0.2, 0.25) is 0 Å². The first-order chi connectivity index (χ1) is 8.33. The van der Waals surface area contributed by atoms with Gasteiger partial charge in [-0.3, -0.25) is 5.10 Å². The van der Waals surface area contributed by atoms with Gasteiger partial charge in [-0.15, -0.1) is 0 Å². The highest BCUT2D eigenvalue weighted by Crippen LogP contribution is 2.23. The molecule has 2 aromatic heterocycles. The van der Waals surface area contributed by atoms with E-state index in [9.17, 15) is 0 Å². The largest absolute Gasteiger partial charge is 0.351 e. The Kier molecular flexibility index (Phi) is 2.51. The summed E-state index contributed by atoms with van der Waals surface area (Å²) in [5, 5.41) is 10.3. The van der Waals surface area contributed by atoms with Gasteiger partial charge in [-0.25, -0.2) is 9.97 Å². The smallest absolute Gasteiger partial charge is 0.223 e. The average Bonchev–Trinajstić information content (AvgIpc) is 2.71. The van der Waals surface area contributed by atoms with Crippen LogP contribution in [0.15, 0.2) is 18.5 Å². The molecule has 0 saturated heterocycles. The van der Waals surface area contributed by atoms with Crippen molar-refractivity contribution in [3.05, 3.63) is 24.2 Å². The maximum absolute atomic E-state index is 4.52. The van der Waals surface area contributed by atoms with E-state index in [4.69, 9.17) is 0 Å². The Morgan fingerprint density at radius 3 is 2.94 bits per heavy atom. The minimum absolute atomic E-state index is 0.552. The highest BCUT2D eigenvalue weighted by molar-refractivity contribution is 5.61. The van der Waals surface area contributed by atoms with Crippen LogP contribution in [0.3, 0.4) is 0 Å². The zero-order chi connectivity index (χ0) is 11.7. The SMILES string of the molecule is Cc1n[nH]cc1-c1ccnc(NC2CCC2)n1. The Morgan fingerprint density at radius 2 is 2.29 bits per heavy atom. The number of hydrogen-bond acceptors (Lipinski definition) is 4. The lowest BCUT2D eigenvalue weighted by Gasteiger charge is -2.26. The molecule has 0 spiro atoms. The fourth-order valence-electron chi connectivity index (χ4n) is 1.93. The summed E-state index contributed by atoms with van der Waals surface area (Å²) in [4.78, 5) is 8.76. The molecule has 3 rings (SSSR count). The maximum atomic E-state index is 4.52. The molecule has 5 heteroatoms. The van der Waals surface area contributed by atoms with Crippen LogP contribution < -0.4 is 5.32 Å². The summed E-state index contributed by atoms with van der Waals surface area (Å²) in [6.07, 6.45) is 7.40. The lowest BCUT2D eigenvalue weighted by atomic mass is 9.93. The van der Waals surface area contributed by atoms with E-state index in [1.54, 1.807) is 6.20 Å². The molecule has 0 unspecified atom stereocenters. The van der Waals surface area contributed by atoms with Gasteiger partial charge in [0.05, 0.1) is 11.4 Å². The summed E-state index contributed by atoms with van der Waals surface area (Å²) in [5.41, 5.74) is 2.90. The molecule has 1 aliphatic carbocycles. The van der Waals surface area contributed by atoms with Crippen LogP contribution >= 0.6 is 0 Å². The fraction of sp³-hybridized carbons (Fsp3) is 0.417. The first-order valence-electron chi connectivity index (χ1n) is 5.93. The van der Waals surface area contributed by atoms with Crippen molar-refractivity contribution in [3.8, 4) is 11.3 Å². The Morgan fingerprint density at radius 1 is 1.41 bits per heavy atom. The van der Waals surface area contributed by atoms with Gasteiger partial charge >= 0.3 is 0 Å². The quantitative estimate of drug-likeness (QED) is 0.846. The Labute approximate surface area is 99.7 Å². The van der Waals surface area contributed by atoms with Gasteiger partial charge in [0.1, 0.15) is 0 Å². The zero-order valence-corrected chi connectivity index (χ0v) is 9.77. The van der Waals surface area contributed by atoms with Gasteiger partial charge in [0.25, 0.3) is 0 Å². The Hall–Kier alpha value is -1.91. The lowest BCUT2D eigenvalue weighted by Crippen LogP contribution is -2.28. The molecule has 2 aromatic rings. The van der Waals surface area contributed by atoms with Crippen molar-refractivity contribution in [3.63, 3.8) is 0 Å². The predicted molar refractivity (Wildman–Crippen MR) is 65.6 cm³/mol. The molecule has 1 saturated carbocycles.